The van der Waals surface area contributed by atoms with Gasteiger partial charge in [-0.05, 0) is 12.1 Å². The topological polar surface area (TPSA) is 95.7 Å². The Hall–Kier alpha value is -2.57. The molecule has 2 aromatic rings. The zero-order valence-corrected chi connectivity index (χ0v) is 10.9. The molecule has 0 radical (unpaired) electrons. The molecular formula is C13H16N4O3. The highest BCUT2D eigenvalue weighted by Crippen LogP contribution is 2.04. The highest BCUT2D eigenvalue weighted by Gasteiger charge is 2.03. The van der Waals surface area contributed by atoms with E-state index in [0.29, 0.717) is 13.0 Å². The molecule has 0 unspecified atom stereocenters. The van der Waals surface area contributed by atoms with Crippen LogP contribution in [0, 0.1) is 0 Å². The van der Waals surface area contributed by atoms with Crippen LogP contribution in [0.3, 0.4) is 0 Å². The molecule has 7 nitrogen and oxygen atoms in total. The van der Waals surface area contributed by atoms with Gasteiger partial charge in [0.05, 0.1) is 12.1 Å². The van der Waals surface area contributed by atoms with E-state index >= 15 is 0 Å². The summed E-state index contributed by atoms with van der Waals surface area (Å²) in [6, 6.07) is 5.39. The van der Waals surface area contributed by atoms with Crippen molar-refractivity contribution in [1.29, 1.82) is 0 Å². The average Bonchev–Trinajstić information content (AvgIpc) is 2.80. The second-order valence-corrected chi connectivity index (χ2v) is 4.27. The summed E-state index contributed by atoms with van der Waals surface area (Å²) in [5, 5.41) is 13.6. The van der Waals surface area contributed by atoms with E-state index in [9.17, 15) is 9.59 Å². The zero-order valence-electron chi connectivity index (χ0n) is 10.9. The minimum Gasteiger partial charge on any atom is -0.481 e. The Morgan fingerprint density at radius 1 is 1.25 bits per heavy atom. The molecular weight excluding hydrogens is 260 g/mol. The number of nitrogens with one attached hydrogen (secondary N) is 2. The Labute approximate surface area is 115 Å². The molecule has 0 aliphatic heterocycles. The zero-order chi connectivity index (χ0) is 14.4. The summed E-state index contributed by atoms with van der Waals surface area (Å²) in [5.74, 6) is -0.935. The number of aliphatic carboxylic acids is 1. The first-order valence-corrected chi connectivity index (χ1v) is 6.31. The molecule has 2 rings (SSSR count). The molecule has 0 aromatic carbocycles. The number of amides is 2. The van der Waals surface area contributed by atoms with Gasteiger partial charge < -0.3 is 20.1 Å². The lowest BCUT2D eigenvalue weighted by Crippen LogP contribution is -2.37. The van der Waals surface area contributed by atoms with Gasteiger partial charge in [-0.25, -0.2) is 9.78 Å². The van der Waals surface area contributed by atoms with Gasteiger partial charge in [0.25, 0.3) is 0 Å². The van der Waals surface area contributed by atoms with Crippen molar-refractivity contribution in [3.8, 4) is 0 Å². The number of fused-ring (bicyclic) bond motifs is 1. The maximum Gasteiger partial charge on any atom is 0.314 e. The highest BCUT2D eigenvalue weighted by atomic mass is 16.4. The van der Waals surface area contributed by atoms with Crippen molar-refractivity contribution in [2.45, 2.75) is 12.8 Å². The van der Waals surface area contributed by atoms with Crippen molar-refractivity contribution in [2.75, 3.05) is 13.1 Å². The van der Waals surface area contributed by atoms with Crippen LogP contribution < -0.4 is 10.6 Å². The molecule has 0 aliphatic rings. The van der Waals surface area contributed by atoms with Gasteiger partial charge >= 0.3 is 12.0 Å². The molecule has 20 heavy (non-hydrogen) atoms. The minimum absolute atomic E-state index is 0.0835. The van der Waals surface area contributed by atoms with E-state index in [1.807, 2.05) is 35.0 Å². The second-order valence-electron chi connectivity index (χ2n) is 4.27. The molecule has 106 valence electrons. The SMILES string of the molecule is O=C(O)CCNC(=O)NCCc1cn2ccccc2n1. The summed E-state index contributed by atoms with van der Waals surface area (Å²) in [4.78, 5) is 26.0. The number of hydrogen-bond donors (Lipinski definition) is 3. The van der Waals surface area contributed by atoms with E-state index in [1.165, 1.54) is 0 Å². The van der Waals surface area contributed by atoms with Crippen molar-refractivity contribution in [3.05, 3.63) is 36.3 Å². The van der Waals surface area contributed by atoms with Crippen LogP contribution >= 0.6 is 0 Å². The highest BCUT2D eigenvalue weighted by molar-refractivity contribution is 5.74. The number of carboxylic acid groups (broad SMARTS) is 1. The number of pyridine rings is 1. The van der Waals surface area contributed by atoms with Crippen LogP contribution in [-0.4, -0.2) is 39.6 Å². The maximum absolute atomic E-state index is 11.3. The smallest absolute Gasteiger partial charge is 0.314 e. The molecule has 0 bridgehead atoms. The maximum atomic E-state index is 11.3. The molecule has 0 atom stereocenters. The van der Waals surface area contributed by atoms with E-state index in [0.717, 1.165) is 11.3 Å². The van der Waals surface area contributed by atoms with Crippen LogP contribution in [0.2, 0.25) is 0 Å². The van der Waals surface area contributed by atoms with Gasteiger partial charge in [0.2, 0.25) is 0 Å². The lowest BCUT2D eigenvalue weighted by atomic mass is 10.3. The molecule has 0 saturated heterocycles. The van der Waals surface area contributed by atoms with Gasteiger partial charge in [0, 0.05) is 31.9 Å². The van der Waals surface area contributed by atoms with Crippen molar-refractivity contribution < 1.29 is 14.7 Å². The third-order valence-corrected chi connectivity index (χ3v) is 2.71. The Morgan fingerprint density at radius 2 is 2.05 bits per heavy atom. The molecule has 0 saturated carbocycles. The van der Waals surface area contributed by atoms with Gasteiger partial charge in [0.1, 0.15) is 5.65 Å². The van der Waals surface area contributed by atoms with Crippen LogP contribution in [0.15, 0.2) is 30.6 Å². The molecule has 3 N–H and O–H groups in total. The minimum atomic E-state index is -0.935. The first-order valence-electron chi connectivity index (χ1n) is 6.31. The van der Waals surface area contributed by atoms with E-state index in [2.05, 4.69) is 15.6 Å². The number of carbonyl (C=O) groups excluding carboxylic acids is 1. The van der Waals surface area contributed by atoms with E-state index < -0.39 is 5.97 Å². The van der Waals surface area contributed by atoms with Crippen molar-refractivity contribution in [1.82, 2.24) is 20.0 Å². The van der Waals surface area contributed by atoms with Crippen LogP contribution in [0.5, 0.6) is 0 Å². The second kappa shape index (κ2) is 6.55. The van der Waals surface area contributed by atoms with E-state index in [1.54, 1.807) is 0 Å². The Kier molecular flexibility index (Phi) is 4.54. The summed E-state index contributed by atoms with van der Waals surface area (Å²) < 4.78 is 1.92. The van der Waals surface area contributed by atoms with Gasteiger partial charge in [-0.15, -0.1) is 0 Å². The molecule has 2 amide bonds. The van der Waals surface area contributed by atoms with E-state index in [-0.39, 0.29) is 19.0 Å². The summed E-state index contributed by atoms with van der Waals surface area (Å²) in [5.41, 5.74) is 1.76. The van der Waals surface area contributed by atoms with Crippen molar-refractivity contribution >= 4 is 17.6 Å². The largest absolute Gasteiger partial charge is 0.481 e. The number of carboxylic acids is 1. The van der Waals surface area contributed by atoms with E-state index in [4.69, 9.17) is 5.11 Å². The molecule has 0 spiro atoms. The molecule has 2 aromatic heterocycles. The predicted molar refractivity (Wildman–Crippen MR) is 72.6 cm³/mol. The standard InChI is InChI=1S/C13H16N4O3/c18-12(19)5-7-15-13(20)14-6-4-10-9-17-8-2-1-3-11(17)16-10/h1-3,8-9H,4-7H2,(H,18,19)(H2,14,15,20). The quantitative estimate of drug-likeness (QED) is 0.722. The fourth-order valence-corrected chi connectivity index (χ4v) is 1.76. The Morgan fingerprint density at radius 3 is 2.80 bits per heavy atom. The first-order chi connectivity index (χ1) is 9.65. The number of aromatic nitrogens is 2. The molecule has 0 aliphatic carbocycles. The number of nitrogens with zero attached hydrogens (tertiary/aromatic N) is 2. The van der Waals surface area contributed by atoms with Crippen LogP contribution in [0.1, 0.15) is 12.1 Å². The number of rotatable bonds is 6. The number of carbonyl (C=O) groups is 2. The Bertz CT molecular complexity index is 575. The van der Waals surface area contributed by atoms with Gasteiger partial charge in [0.15, 0.2) is 0 Å². The average molecular weight is 276 g/mol. The molecule has 2 heterocycles. The van der Waals surface area contributed by atoms with Crippen LogP contribution in [0.25, 0.3) is 5.65 Å². The third kappa shape index (κ3) is 3.98. The molecule has 0 fully saturated rings. The van der Waals surface area contributed by atoms with Gasteiger partial charge in [-0.3, -0.25) is 4.79 Å². The lowest BCUT2D eigenvalue weighted by Gasteiger charge is -2.05. The van der Waals surface area contributed by atoms with Crippen LogP contribution in [0.4, 0.5) is 4.79 Å². The van der Waals surface area contributed by atoms with Gasteiger partial charge in [-0.2, -0.15) is 0 Å². The third-order valence-electron chi connectivity index (χ3n) is 2.71. The predicted octanol–water partition coefficient (Wildman–Crippen LogP) is 0.651. The molecule has 7 heteroatoms. The monoisotopic (exact) mass is 276 g/mol. The lowest BCUT2D eigenvalue weighted by molar-refractivity contribution is -0.136. The summed E-state index contributed by atoms with van der Waals surface area (Å²) >= 11 is 0. The Balaban J connectivity index is 1.72. The summed E-state index contributed by atoms with van der Waals surface area (Å²) in [6.45, 7) is 0.568. The number of urea groups is 1. The fraction of sp³-hybridized carbons (Fsp3) is 0.308. The van der Waals surface area contributed by atoms with Crippen molar-refractivity contribution in [2.24, 2.45) is 0 Å². The summed E-state index contributed by atoms with van der Waals surface area (Å²) in [7, 11) is 0. The summed E-state index contributed by atoms with van der Waals surface area (Å²) in [6.07, 6.45) is 4.37. The van der Waals surface area contributed by atoms with Crippen LogP contribution in [-0.2, 0) is 11.2 Å². The fourth-order valence-electron chi connectivity index (χ4n) is 1.76. The number of imidazole rings is 1. The van der Waals surface area contributed by atoms with Gasteiger partial charge in [-0.1, -0.05) is 6.07 Å². The number of hydrogen-bond acceptors (Lipinski definition) is 3. The first kappa shape index (κ1) is 13.9. The van der Waals surface area contributed by atoms with Crippen molar-refractivity contribution in [3.63, 3.8) is 0 Å². The normalized spacial score (nSPS) is 10.4.